The molecule has 10 aromatic rings. The Morgan fingerprint density at radius 3 is 1.74 bits per heavy atom. The van der Waals surface area contributed by atoms with Crippen molar-refractivity contribution in [1.29, 1.82) is 0 Å². The summed E-state index contributed by atoms with van der Waals surface area (Å²) in [5, 5.41) is 6.46. The first-order valence-corrected chi connectivity index (χ1v) is 17.3. The molecular weight excluding hydrogens is 651 g/mol. The second kappa shape index (κ2) is 12.4. The minimum Gasteiger partial charge on any atom is -0.455 e. The average molecular weight is 678 g/mol. The lowest BCUT2D eigenvalue weighted by molar-refractivity contribution is 0.673. The van der Waals surface area contributed by atoms with Gasteiger partial charge in [0.15, 0.2) is 23.2 Å². The van der Waals surface area contributed by atoms with E-state index >= 15 is 0 Å². The quantitative estimate of drug-likeness (QED) is 0.134. The van der Waals surface area contributed by atoms with Gasteiger partial charge >= 0.3 is 0 Å². The molecule has 6 nitrogen and oxygen atoms in total. The maximum Gasteiger partial charge on any atom is 0.187 e. The zero-order valence-corrected chi connectivity index (χ0v) is 28.2. The van der Waals surface area contributed by atoms with E-state index in [1.807, 2.05) is 109 Å². The van der Waals surface area contributed by atoms with E-state index in [1.54, 1.807) is 0 Å². The highest BCUT2D eigenvalue weighted by Gasteiger charge is 2.19. The molecule has 0 aliphatic carbocycles. The van der Waals surface area contributed by atoms with E-state index in [-0.39, 0.29) is 0 Å². The van der Waals surface area contributed by atoms with Crippen molar-refractivity contribution in [2.75, 3.05) is 0 Å². The molecule has 0 aliphatic rings. The van der Waals surface area contributed by atoms with Crippen LogP contribution in [0.1, 0.15) is 0 Å². The van der Waals surface area contributed by atoms with Crippen molar-refractivity contribution in [2.24, 2.45) is 0 Å². The van der Waals surface area contributed by atoms with Crippen molar-refractivity contribution in [3.63, 3.8) is 0 Å². The Hall–Kier alpha value is -7.49. The van der Waals surface area contributed by atoms with Gasteiger partial charge in [0.25, 0.3) is 0 Å². The molecule has 0 bridgehead atoms. The van der Waals surface area contributed by atoms with E-state index in [0.29, 0.717) is 28.9 Å². The van der Waals surface area contributed by atoms with Gasteiger partial charge in [-0.3, -0.25) is 0 Å². The highest BCUT2D eigenvalue weighted by atomic mass is 16.3. The summed E-state index contributed by atoms with van der Waals surface area (Å²) >= 11 is 0. The van der Waals surface area contributed by atoms with Crippen molar-refractivity contribution in [1.82, 2.24) is 19.9 Å². The van der Waals surface area contributed by atoms with Crippen LogP contribution in [0.4, 0.5) is 5.69 Å². The van der Waals surface area contributed by atoms with E-state index in [0.717, 1.165) is 77.0 Å². The number of rotatable bonds is 5. The lowest BCUT2D eigenvalue weighted by atomic mass is 9.92. The molecule has 0 saturated heterocycles. The van der Waals surface area contributed by atoms with Gasteiger partial charge in [-0.1, -0.05) is 127 Å². The number of hydrogen-bond acceptors (Lipinski definition) is 5. The third-order valence-electron chi connectivity index (χ3n) is 9.72. The van der Waals surface area contributed by atoms with Crippen molar-refractivity contribution < 1.29 is 4.42 Å². The normalized spacial score (nSPS) is 11.4. The van der Waals surface area contributed by atoms with Gasteiger partial charge in [-0.25, -0.2) is 24.8 Å². The summed E-state index contributed by atoms with van der Waals surface area (Å²) in [6.07, 6.45) is 0. The summed E-state index contributed by atoms with van der Waals surface area (Å²) in [7, 11) is 0. The van der Waals surface area contributed by atoms with Crippen LogP contribution in [0.2, 0.25) is 0 Å². The number of nitrogens with zero attached hydrogens (tertiary/aromatic N) is 5. The minimum absolute atomic E-state index is 0.503. The van der Waals surface area contributed by atoms with Gasteiger partial charge in [0.1, 0.15) is 16.9 Å². The Kier molecular flexibility index (Phi) is 7.09. The zero-order valence-electron chi connectivity index (χ0n) is 28.2. The van der Waals surface area contributed by atoms with E-state index in [4.69, 9.17) is 30.9 Å². The lowest BCUT2D eigenvalue weighted by Gasteiger charge is -2.12. The summed E-state index contributed by atoms with van der Waals surface area (Å²) in [6.45, 7) is 7.52. The van der Waals surface area contributed by atoms with Gasteiger partial charge in [0, 0.05) is 32.8 Å². The smallest absolute Gasteiger partial charge is 0.187 e. The topological polar surface area (TPSA) is 69.1 Å². The van der Waals surface area contributed by atoms with Crippen LogP contribution in [0.5, 0.6) is 0 Å². The molecule has 3 aromatic heterocycles. The van der Waals surface area contributed by atoms with Crippen LogP contribution in [0.3, 0.4) is 0 Å². The Labute approximate surface area is 304 Å². The maximum absolute atomic E-state index is 7.52. The van der Waals surface area contributed by atoms with Crippen LogP contribution in [0.15, 0.2) is 168 Å². The fourth-order valence-electron chi connectivity index (χ4n) is 7.19. The number of fused-ring (bicyclic) bond motifs is 8. The Morgan fingerprint density at radius 1 is 0.396 bits per heavy atom. The molecule has 0 radical (unpaired) electrons. The molecule has 6 heteroatoms. The average Bonchev–Trinajstić information content (AvgIpc) is 3.64. The second-order valence-electron chi connectivity index (χ2n) is 12.9. The monoisotopic (exact) mass is 677 g/mol. The van der Waals surface area contributed by atoms with E-state index in [2.05, 4.69) is 59.4 Å². The zero-order chi connectivity index (χ0) is 35.3. The second-order valence-corrected chi connectivity index (χ2v) is 12.9. The molecule has 0 atom stereocenters. The van der Waals surface area contributed by atoms with Crippen LogP contribution in [0, 0.1) is 6.57 Å². The molecule has 0 spiro atoms. The minimum atomic E-state index is 0.503. The van der Waals surface area contributed by atoms with Crippen LogP contribution in [0.25, 0.3) is 105 Å². The van der Waals surface area contributed by atoms with E-state index in [9.17, 15) is 0 Å². The van der Waals surface area contributed by atoms with Gasteiger partial charge in [-0.2, -0.15) is 0 Å². The highest BCUT2D eigenvalue weighted by Crippen LogP contribution is 2.43. The van der Waals surface area contributed by atoms with Crippen LogP contribution >= 0.6 is 0 Å². The number of pyridine rings is 1. The molecular formula is C47H27N5O. The lowest BCUT2D eigenvalue weighted by Crippen LogP contribution is -2.01. The van der Waals surface area contributed by atoms with Crippen molar-refractivity contribution >= 4 is 49.2 Å². The fourth-order valence-corrected chi connectivity index (χ4v) is 7.19. The van der Waals surface area contributed by atoms with E-state index < -0.39 is 0 Å². The predicted octanol–water partition coefficient (Wildman–Crippen LogP) is 12.4. The number of para-hydroxylation sites is 1. The molecule has 0 N–H and O–H groups in total. The Bertz CT molecular complexity index is 3020. The molecule has 0 unspecified atom stereocenters. The van der Waals surface area contributed by atoms with Crippen molar-refractivity contribution in [3.05, 3.63) is 175 Å². The molecule has 53 heavy (non-hydrogen) atoms. The molecule has 7 aromatic carbocycles. The Morgan fingerprint density at radius 2 is 0.981 bits per heavy atom. The summed E-state index contributed by atoms with van der Waals surface area (Å²) in [5.41, 5.74) is 8.56. The van der Waals surface area contributed by atoms with Crippen LogP contribution in [-0.4, -0.2) is 19.9 Å². The molecule has 0 amide bonds. The molecule has 0 saturated carbocycles. The first kappa shape index (κ1) is 30.3. The Balaban J connectivity index is 1.15. The summed E-state index contributed by atoms with van der Waals surface area (Å²) in [6, 6.07) is 54.8. The third-order valence-corrected chi connectivity index (χ3v) is 9.72. The van der Waals surface area contributed by atoms with Crippen LogP contribution in [-0.2, 0) is 0 Å². The van der Waals surface area contributed by atoms with Gasteiger partial charge in [-0.05, 0) is 63.7 Å². The van der Waals surface area contributed by atoms with E-state index in [1.165, 1.54) is 0 Å². The first-order chi connectivity index (χ1) is 26.2. The summed E-state index contributed by atoms with van der Waals surface area (Å²) < 4.78 is 6.66. The number of benzene rings is 7. The van der Waals surface area contributed by atoms with Gasteiger partial charge in [0.05, 0.1) is 12.3 Å². The molecule has 246 valence electrons. The van der Waals surface area contributed by atoms with Crippen molar-refractivity contribution in [3.8, 4) is 56.7 Å². The molecule has 3 heterocycles. The largest absolute Gasteiger partial charge is 0.455 e. The van der Waals surface area contributed by atoms with Crippen molar-refractivity contribution in [2.45, 2.75) is 0 Å². The maximum atomic E-state index is 7.52. The van der Waals surface area contributed by atoms with Gasteiger partial charge in [0.2, 0.25) is 0 Å². The standard InChI is InChI=1S/C47H27N5O/c1-48-34-17-10-16-31(26-34)32-22-24-35-36-25-23-33(28-39(36)44-43(38(35)27-32)37-18-8-9-21-42(37)53-44)40-19-11-20-41(49-40)47-51-45(29-12-4-2-5-13-29)50-46(52-47)30-14-6-3-7-15-30/h2-28H. The molecule has 10 rings (SSSR count). The van der Waals surface area contributed by atoms with Gasteiger partial charge < -0.3 is 4.42 Å². The molecule has 0 fully saturated rings. The number of aromatic nitrogens is 4. The third kappa shape index (κ3) is 5.27. The fraction of sp³-hybridized carbons (Fsp3) is 0. The van der Waals surface area contributed by atoms with Crippen LogP contribution < -0.4 is 0 Å². The summed E-state index contributed by atoms with van der Waals surface area (Å²) in [5.74, 6) is 1.69. The molecule has 0 aliphatic heterocycles. The predicted molar refractivity (Wildman–Crippen MR) is 213 cm³/mol. The number of furan rings is 1. The summed E-state index contributed by atoms with van der Waals surface area (Å²) in [4.78, 5) is 23.4. The number of hydrogen-bond donors (Lipinski definition) is 0. The van der Waals surface area contributed by atoms with Gasteiger partial charge in [-0.15, -0.1) is 0 Å². The SMILES string of the molecule is [C-]#[N+]c1cccc(-c2ccc3c4ccc(-c5cccc(-c6nc(-c7ccccc7)nc(-c7ccccc7)n6)n5)cc4c4oc5ccccc5c4c3c2)c1. The first-order valence-electron chi connectivity index (χ1n) is 17.3. The highest BCUT2D eigenvalue weighted by molar-refractivity contribution is 6.30.